The summed E-state index contributed by atoms with van der Waals surface area (Å²) in [6.45, 7) is 3.93. The molecule has 0 bridgehead atoms. The van der Waals surface area contributed by atoms with Gasteiger partial charge >= 0.3 is 0 Å². The molecule has 1 saturated heterocycles. The summed E-state index contributed by atoms with van der Waals surface area (Å²) < 4.78 is 1.69. The van der Waals surface area contributed by atoms with Crippen molar-refractivity contribution in [1.82, 2.24) is 19.6 Å². The van der Waals surface area contributed by atoms with Crippen LogP contribution in [-0.2, 0) is 6.54 Å². The highest BCUT2D eigenvalue weighted by Crippen LogP contribution is 2.18. The zero-order valence-corrected chi connectivity index (χ0v) is 15.3. The van der Waals surface area contributed by atoms with Crippen molar-refractivity contribution in [2.45, 2.75) is 26.3 Å². The summed E-state index contributed by atoms with van der Waals surface area (Å²) >= 11 is 0. The number of benzene rings is 1. The van der Waals surface area contributed by atoms with Crippen molar-refractivity contribution >= 4 is 17.3 Å². The summed E-state index contributed by atoms with van der Waals surface area (Å²) in [4.78, 5) is 31.9. The van der Waals surface area contributed by atoms with Crippen LogP contribution in [0.5, 0.6) is 0 Å². The number of carbonyl (C=O) groups is 2. The molecule has 0 saturated carbocycles. The average molecular weight is 362 g/mol. The highest BCUT2D eigenvalue weighted by molar-refractivity contribution is 6.02. The van der Waals surface area contributed by atoms with Gasteiger partial charge in [0.05, 0.1) is 5.52 Å². The number of pyridine rings is 1. The largest absolute Gasteiger partial charge is 0.345 e. The van der Waals surface area contributed by atoms with Crippen molar-refractivity contribution in [2.75, 3.05) is 13.1 Å². The van der Waals surface area contributed by atoms with E-state index in [2.05, 4.69) is 10.3 Å². The molecule has 2 amide bonds. The SMILES string of the molecule is Cc1ccccc1CNC(=O)c1nc(C(=O)N2CCCC2)c2ccccn12. The van der Waals surface area contributed by atoms with Gasteiger partial charge < -0.3 is 10.2 Å². The molecule has 138 valence electrons. The Kier molecular flexibility index (Phi) is 4.62. The maximum Gasteiger partial charge on any atom is 0.287 e. The van der Waals surface area contributed by atoms with Gasteiger partial charge in [0.1, 0.15) is 0 Å². The zero-order chi connectivity index (χ0) is 18.8. The van der Waals surface area contributed by atoms with Gasteiger partial charge in [-0.3, -0.25) is 14.0 Å². The van der Waals surface area contributed by atoms with Gasteiger partial charge in [0, 0.05) is 25.8 Å². The quantitative estimate of drug-likeness (QED) is 0.776. The van der Waals surface area contributed by atoms with E-state index < -0.39 is 0 Å². The summed E-state index contributed by atoms with van der Waals surface area (Å²) in [7, 11) is 0. The Bertz CT molecular complexity index is 1000. The lowest BCUT2D eigenvalue weighted by atomic mass is 10.1. The van der Waals surface area contributed by atoms with Crippen molar-refractivity contribution in [3.8, 4) is 0 Å². The molecular formula is C21H22N4O2. The maximum atomic E-state index is 12.8. The van der Waals surface area contributed by atoms with Gasteiger partial charge in [0.25, 0.3) is 11.8 Å². The number of nitrogens with zero attached hydrogens (tertiary/aromatic N) is 3. The van der Waals surface area contributed by atoms with Gasteiger partial charge in [-0.25, -0.2) is 4.98 Å². The van der Waals surface area contributed by atoms with E-state index in [-0.39, 0.29) is 17.6 Å². The van der Waals surface area contributed by atoms with E-state index in [9.17, 15) is 9.59 Å². The molecule has 1 N–H and O–H groups in total. The van der Waals surface area contributed by atoms with E-state index in [0.29, 0.717) is 17.8 Å². The van der Waals surface area contributed by atoms with Crippen molar-refractivity contribution in [2.24, 2.45) is 0 Å². The molecule has 1 aliphatic heterocycles. The minimum Gasteiger partial charge on any atom is -0.345 e. The lowest BCUT2D eigenvalue weighted by Gasteiger charge is -2.13. The van der Waals surface area contributed by atoms with E-state index in [0.717, 1.165) is 37.1 Å². The summed E-state index contributed by atoms with van der Waals surface area (Å²) in [6.07, 6.45) is 3.80. The standard InChI is InChI=1S/C21H22N4O2/c1-15-8-2-3-9-16(15)14-22-20(26)19-23-18(17-10-4-5-13-25(17)19)21(27)24-11-6-7-12-24/h2-5,8-10,13H,6-7,11-12,14H2,1H3,(H,22,26). The first-order valence-corrected chi connectivity index (χ1v) is 9.24. The Morgan fingerprint density at radius 3 is 2.59 bits per heavy atom. The molecular weight excluding hydrogens is 340 g/mol. The molecule has 1 fully saturated rings. The van der Waals surface area contributed by atoms with E-state index in [4.69, 9.17) is 0 Å². The molecule has 0 aliphatic carbocycles. The molecule has 0 unspecified atom stereocenters. The normalized spacial score (nSPS) is 13.9. The molecule has 6 heteroatoms. The molecule has 27 heavy (non-hydrogen) atoms. The molecule has 3 aromatic rings. The van der Waals surface area contributed by atoms with E-state index >= 15 is 0 Å². The number of hydrogen-bond donors (Lipinski definition) is 1. The predicted octanol–water partition coefficient (Wildman–Crippen LogP) is 2.81. The molecule has 0 spiro atoms. The average Bonchev–Trinajstić information content (AvgIpc) is 3.35. The molecule has 2 aromatic heterocycles. The van der Waals surface area contributed by atoms with Crippen molar-refractivity contribution in [1.29, 1.82) is 0 Å². The van der Waals surface area contributed by atoms with Crippen molar-refractivity contribution in [3.05, 3.63) is 71.3 Å². The summed E-state index contributed by atoms with van der Waals surface area (Å²) in [5, 5.41) is 2.92. The second-order valence-electron chi connectivity index (χ2n) is 6.85. The highest BCUT2D eigenvalue weighted by atomic mass is 16.2. The van der Waals surface area contributed by atoms with Crippen LogP contribution in [0.3, 0.4) is 0 Å². The van der Waals surface area contributed by atoms with Gasteiger partial charge in [0.15, 0.2) is 5.69 Å². The highest BCUT2D eigenvalue weighted by Gasteiger charge is 2.26. The lowest BCUT2D eigenvalue weighted by Crippen LogP contribution is -2.28. The fourth-order valence-corrected chi connectivity index (χ4v) is 3.49. The monoisotopic (exact) mass is 362 g/mol. The molecule has 0 atom stereocenters. The van der Waals surface area contributed by atoms with Crippen LogP contribution in [0.1, 0.15) is 45.1 Å². The van der Waals surface area contributed by atoms with E-state index in [1.807, 2.05) is 54.3 Å². The molecule has 3 heterocycles. The van der Waals surface area contributed by atoms with Gasteiger partial charge in [-0.1, -0.05) is 30.3 Å². The van der Waals surface area contributed by atoms with Crippen LogP contribution in [0.4, 0.5) is 0 Å². The minimum absolute atomic E-state index is 0.103. The van der Waals surface area contributed by atoms with Gasteiger partial charge in [0.2, 0.25) is 5.82 Å². The fourth-order valence-electron chi connectivity index (χ4n) is 3.49. The van der Waals surface area contributed by atoms with Crippen LogP contribution < -0.4 is 5.32 Å². The Morgan fingerprint density at radius 1 is 1.07 bits per heavy atom. The number of imidazole rings is 1. The van der Waals surface area contributed by atoms with Crippen LogP contribution in [0, 0.1) is 6.92 Å². The fraction of sp³-hybridized carbons (Fsp3) is 0.286. The Balaban J connectivity index is 1.62. The van der Waals surface area contributed by atoms with Gasteiger partial charge in [-0.15, -0.1) is 0 Å². The summed E-state index contributed by atoms with van der Waals surface area (Å²) in [5.74, 6) is -0.157. The van der Waals surface area contributed by atoms with E-state index in [1.165, 1.54) is 0 Å². The zero-order valence-electron chi connectivity index (χ0n) is 15.3. The first-order chi connectivity index (χ1) is 13.1. The van der Waals surface area contributed by atoms with Gasteiger partial charge in [-0.2, -0.15) is 0 Å². The number of aryl methyl sites for hydroxylation is 1. The van der Waals surface area contributed by atoms with Crippen LogP contribution in [0.15, 0.2) is 48.7 Å². The summed E-state index contributed by atoms with van der Waals surface area (Å²) in [5.41, 5.74) is 3.18. The number of fused-ring (bicyclic) bond motifs is 1. The smallest absolute Gasteiger partial charge is 0.287 e. The third-order valence-electron chi connectivity index (χ3n) is 5.05. The second-order valence-corrected chi connectivity index (χ2v) is 6.85. The first kappa shape index (κ1) is 17.3. The third-order valence-corrected chi connectivity index (χ3v) is 5.05. The Labute approximate surface area is 157 Å². The predicted molar refractivity (Wildman–Crippen MR) is 103 cm³/mol. The maximum absolute atomic E-state index is 12.8. The summed E-state index contributed by atoms with van der Waals surface area (Å²) in [6, 6.07) is 13.4. The topological polar surface area (TPSA) is 66.7 Å². The van der Waals surface area contributed by atoms with Gasteiger partial charge in [-0.05, 0) is 43.0 Å². The molecule has 0 radical (unpaired) electrons. The molecule has 1 aliphatic rings. The molecule has 6 nitrogen and oxygen atoms in total. The lowest BCUT2D eigenvalue weighted by molar-refractivity contribution is 0.0789. The Morgan fingerprint density at radius 2 is 1.81 bits per heavy atom. The number of aromatic nitrogens is 2. The van der Waals surface area contributed by atoms with Crippen LogP contribution in [-0.4, -0.2) is 39.2 Å². The number of likely N-dealkylation sites (tertiary alicyclic amines) is 1. The number of rotatable bonds is 4. The third kappa shape index (κ3) is 3.30. The molecule has 1 aromatic carbocycles. The number of hydrogen-bond acceptors (Lipinski definition) is 3. The second kappa shape index (κ2) is 7.23. The van der Waals surface area contributed by atoms with Crippen LogP contribution >= 0.6 is 0 Å². The van der Waals surface area contributed by atoms with E-state index in [1.54, 1.807) is 10.6 Å². The van der Waals surface area contributed by atoms with Crippen molar-refractivity contribution < 1.29 is 9.59 Å². The number of carbonyl (C=O) groups excluding carboxylic acids is 2. The van der Waals surface area contributed by atoms with Crippen LogP contribution in [0.25, 0.3) is 5.52 Å². The number of amides is 2. The van der Waals surface area contributed by atoms with Crippen LogP contribution in [0.2, 0.25) is 0 Å². The molecule has 4 rings (SSSR count). The number of nitrogens with one attached hydrogen (secondary N) is 1. The first-order valence-electron chi connectivity index (χ1n) is 9.24. The van der Waals surface area contributed by atoms with Crippen molar-refractivity contribution in [3.63, 3.8) is 0 Å². The minimum atomic E-state index is -0.292. The Hall–Kier alpha value is -3.15.